The third-order valence-electron chi connectivity index (χ3n) is 2.81. The van der Waals surface area contributed by atoms with E-state index >= 15 is 0 Å². The summed E-state index contributed by atoms with van der Waals surface area (Å²) in [5.74, 6) is 0.996. The zero-order valence-electron chi connectivity index (χ0n) is 11.0. The van der Waals surface area contributed by atoms with Crippen LogP contribution in [0.25, 0.3) is 0 Å². The van der Waals surface area contributed by atoms with Crippen molar-refractivity contribution in [2.45, 2.75) is 31.5 Å². The van der Waals surface area contributed by atoms with E-state index in [2.05, 4.69) is 0 Å². The van der Waals surface area contributed by atoms with Crippen LogP contribution in [0.15, 0.2) is 18.2 Å². The van der Waals surface area contributed by atoms with E-state index in [4.69, 9.17) is 15.2 Å². The first-order chi connectivity index (χ1) is 8.89. The molecule has 0 fully saturated rings. The van der Waals surface area contributed by atoms with Crippen LogP contribution in [0.5, 0.6) is 11.5 Å². The Bertz CT molecular complexity index is 407. The molecule has 0 saturated heterocycles. The molecule has 0 saturated carbocycles. The summed E-state index contributed by atoms with van der Waals surface area (Å²) in [5, 5.41) is 0. The second-order valence-electron chi connectivity index (χ2n) is 4.20. The summed E-state index contributed by atoms with van der Waals surface area (Å²) in [6.45, 7) is 0. The highest BCUT2D eigenvalue weighted by Gasteiger charge is 2.27. The summed E-state index contributed by atoms with van der Waals surface area (Å²) in [5.41, 5.74) is 6.58. The van der Waals surface area contributed by atoms with Gasteiger partial charge in [-0.1, -0.05) is 12.1 Å². The summed E-state index contributed by atoms with van der Waals surface area (Å²) in [6, 6.07) is 4.68. The quantitative estimate of drug-likeness (QED) is 0.866. The van der Waals surface area contributed by atoms with Crippen molar-refractivity contribution in [2.75, 3.05) is 14.2 Å². The molecule has 0 spiro atoms. The van der Waals surface area contributed by atoms with Gasteiger partial charge in [0.05, 0.1) is 14.2 Å². The van der Waals surface area contributed by atoms with Gasteiger partial charge in [-0.25, -0.2) is 0 Å². The maximum Gasteiger partial charge on any atom is 0.389 e. The number of methoxy groups -OCH3 is 2. The molecular weight excluding hydrogens is 259 g/mol. The Hall–Kier alpha value is -1.43. The lowest BCUT2D eigenvalue weighted by Crippen LogP contribution is -2.14. The lowest BCUT2D eigenvalue weighted by Gasteiger charge is -2.18. The lowest BCUT2D eigenvalue weighted by atomic mass is 10.0. The zero-order chi connectivity index (χ0) is 14.5. The highest BCUT2D eigenvalue weighted by Crippen LogP contribution is 2.35. The Morgan fingerprint density at radius 3 is 2.42 bits per heavy atom. The fourth-order valence-electron chi connectivity index (χ4n) is 1.88. The second-order valence-corrected chi connectivity index (χ2v) is 4.20. The summed E-state index contributed by atoms with van der Waals surface area (Å²) >= 11 is 0. The van der Waals surface area contributed by atoms with E-state index in [-0.39, 0.29) is 12.8 Å². The van der Waals surface area contributed by atoms with E-state index in [0.29, 0.717) is 17.1 Å². The average molecular weight is 277 g/mol. The minimum Gasteiger partial charge on any atom is -0.493 e. The van der Waals surface area contributed by atoms with Crippen LogP contribution >= 0.6 is 0 Å². The predicted octanol–water partition coefficient (Wildman–Crippen LogP) is 3.44. The largest absolute Gasteiger partial charge is 0.493 e. The van der Waals surface area contributed by atoms with Crippen LogP contribution < -0.4 is 15.2 Å². The Labute approximate surface area is 110 Å². The highest BCUT2D eigenvalue weighted by atomic mass is 19.4. The lowest BCUT2D eigenvalue weighted by molar-refractivity contribution is -0.135. The van der Waals surface area contributed by atoms with Crippen LogP contribution in [0, 0.1) is 0 Å². The van der Waals surface area contributed by atoms with Gasteiger partial charge in [0.15, 0.2) is 11.5 Å². The predicted molar refractivity (Wildman–Crippen MR) is 66.4 cm³/mol. The third kappa shape index (κ3) is 4.63. The minimum absolute atomic E-state index is 0.00890. The van der Waals surface area contributed by atoms with E-state index in [1.807, 2.05) is 0 Å². The molecule has 2 N–H and O–H groups in total. The molecule has 0 bridgehead atoms. The monoisotopic (exact) mass is 277 g/mol. The molecule has 1 rings (SSSR count). The van der Waals surface area contributed by atoms with Crippen molar-refractivity contribution in [3.05, 3.63) is 23.8 Å². The zero-order valence-corrected chi connectivity index (χ0v) is 11.0. The number of ether oxygens (including phenoxy) is 2. The Morgan fingerprint density at radius 2 is 1.89 bits per heavy atom. The van der Waals surface area contributed by atoms with Crippen molar-refractivity contribution < 1.29 is 22.6 Å². The number of para-hydroxylation sites is 1. The smallest absolute Gasteiger partial charge is 0.389 e. The fourth-order valence-corrected chi connectivity index (χ4v) is 1.88. The van der Waals surface area contributed by atoms with Crippen LogP contribution in [-0.2, 0) is 0 Å². The SMILES string of the molecule is COc1cccc(C(N)CCCC(F)(F)F)c1OC. The average Bonchev–Trinajstić information content (AvgIpc) is 2.35. The summed E-state index contributed by atoms with van der Waals surface area (Å²) in [6.07, 6.45) is -4.74. The van der Waals surface area contributed by atoms with E-state index in [9.17, 15) is 13.2 Å². The van der Waals surface area contributed by atoms with Gasteiger partial charge in [-0.3, -0.25) is 0 Å². The molecule has 0 amide bonds. The van der Waals surface area contributed by atoms with Gasteiger partial charge in [0, 0.05) is 18.0 Å². The van der Waals surface area contributed by atoms with Gasteiger partial charge >= 0.3 is 6.18 Å². The normalized spacial score (nSPS) is 13.2. The molecule has 19 heavy (non-hydrogen) atoms. The molecule has 0 aromatic heterocycles. The molecule has 1 aromatic rings. The van der Waals surface area contributed by atoms with Gasteiger partial charge < -0.3 is 15.2 Å². The molecule has 0 heterocycles. The number of benzene rings is 1. The number of hydrogen-bond donors (Lipinski definition) is 1. The van der Waals surface area contributed by atoms with Crippen molar-refractivity contribution in [3.63, 3.8) is 0 Å². The first kappa shape index (κ1) is 15.6. The Morgan fingerprint density at radius 1 is 1.21 bits per heavy atom. The van der Waals surface area contributed by atoms with Gasteiger partial charge in [0.25, 0.3) is 0 Å². The van der Waals surface area contributed by atoms with Crippen LogP contribution in [0.2, 0.25) is 0 Å². The molecular formula is C13H18F3NO2. The molecule has 0 radical (unpaired) electrons. The van der Waals surface area contributed by atoms with Gasteiger partial charge in [-0.05, 0) is 18.9 Å². The first-order valence-electron chi connectivity index (χ1n) is 5.92. The van der Waals surface area contributed by atoms with E-state index in [1.54, 1.807) is 18.2 Å². The van der Waals surface area contributed by atoms with Crippen LogP contribution in [0.3, 0.4) is 0 Å². The summed E-state index contributed by atoms with van der Waals surface area (Å²) in [7, 11) is 2.97. The molecule has 1 aromatic carbocycles. The molecule has 6 heteroatoms. The maximum absolute atomic E-state index is 12.1. The van der Waals surface area contributed by atoms with E-state index in [0.717, 1.165) is 0 Å². The summed E-state index contributed by atoms with van der Waals surface area (Å²) in [4.78, 5) is 0. The highest BCUT2D eigenvalue weighted by molar-refractivity contribution is 5.47. The molecule has 108 valence electrons. The van der Waals surface area contributed by atoms with E-state index < -0.39 is 18.6 Å². The Balaban J connectivity index is 2.74. The molecule has 0 aliphatic carbocycles. The number of alkyl halides is 3. The standard InChI is InChI=1S/C13H18F3NO2/c1-18-11-7-3-5-9(12(11)19-2)10(17)6-4-8-13(14,15)16/h3,5,7,10H,4,6,8,17H2,1-2H3. The van der Waals surface area contributed by atoms with Crippen LogP contribution in [0.4, 0.5) is 13.2 Å². The fraction of sp³-hybridized carbons (Fsp3) is 0.538. The molecule has 0 aliphatic heterocycles. The number of hydrogen-bond acceptors (Lipinski definition) is 3. The molecule has 1 unspecified atom stereocenters. The first-order valence-corrected chi connectivity index (χ1v) is 5.92. The molecule has 3 nitrogen and oxygen atoms in total. The maximum atomic E-state index is 12.1. The minimum atomic E-state index is -4.14. The van der Waals surface area contributed by atoms with Gasteiger partial charge in [0.1, 0.15) is 0 Å². The van der Waals surface area contributed by atoms with Gasteiger partial charge in [-0.15, -0.1) is 0 Å². The molecule has 1 atom stereocenters. The van der Waals surface area contributed by atoms with Crippen LogP contribution in [-0.4, -0.2) is 20.4 Å². The van der Waals surface area contributed by atoms with Crippen molar-refractivity contribution >= 4 is 0 Å². The summed E-state index contributed by atoms with van der Waals surface area (Å²) < 4.78 is 46.6. The van der Waals surface area contributed by atoms with Gasteiger partial charge in [-0.2, -0.15) is 13.2 Å². The van der Waals surface area contributed by atoms with Crippen molar-refractivity contribution in [2.24, 2.45) is 5.73 Å². The number of rotatable bonds is 6. The van der Waals surface area contributed by atoms with E-state index in [1.165, 1.54) is 14.2 Å². The number of halogens is 3. The third-order valence-corrected chi connectivity index (χ3v) is 2.81. The van der Waals surface area contributed by atoms with Crippen molar-refractivity contribution in [1.29, 1.82) is 0 Å². The van der Waals surface area contributed by atoms with Crippen molar-refractivity contribution in [1.82, 2.24) is 0 Å². The number of nitrogens with two attached hydrogens (primary N) is 1. The van der Waals surface area contributed by atoms with Crippen LogP contribution in [0.1, 0.15) is 30.9 Å². The Kier molecular flexibility index (Phi) is 5.47. The topological polar surface area (TPSA) is 44.5 Å². The van der Waals surface area contributed by atoms with Crippen molar-refractivity contribution in [3.8, 4) is 11.5 Å². The molecule has 0 aliphatic rings. The van der Waals surface area contributed by atoms with Gasteiger partial charge in [0.2, 0.25) is 0 Å². The second kappa shape index (κ2) is 6.65.